The molecule has 2 N–H and O–H groups in total. The number of pyridine rings is 1. The first-order valence-corrected chi connectivity index (χ1v) is 9.34. The minimum Gasteiger partial charge on any atom is -0.466 e. The molecule has 0 amide bonds. The fourth-order valence-electron chi connectivity index (χ4n) is 3.72. The zero-order valence-corrected chi connectivity index (χ0v) is 15.5. The lowest BCUT2D eigenvalue weighted by Gasteiger charge is -2.28. The van der Waals surface area contributed by atoms with E-state index in [1.807, 2.05) is 29.7 Å². The van der Waals surface area contributed by atoms with Gasteiger partial charge in [-0.2, -0.15) is 0 Å². The lowest BCUT2D eigenvalue weighted by Crippen LogP contribution is -2.31. The van der Waals surface area contributed by atoms with Gasteiger partial charge in [-0.05, 0) is 36.6 Å². The molecule has 4 rings (SSSR count). The molecule has 0 spiro atoms. The highest BCUT2D eigenvalue weighted by molar-refractivity contribution is 5.73. The number of fused-ring (bicyclic) bond motifs is 2. The number of carbonyl (C=O) groups excluding carboxylic acids is 1. The summed E-state index contributed by atoms with van der Waals surface area (Å²) in [6.45, 7) is 4.77. The van der Waals surface area contributed by atoms with Gasteiger partial charge in [-0.3, -0.25) is 9.69 Å². The number of nitrogen functional groups attached to an aromatic ring is 1. The second kappa shape index (κ2) is 7.40. The highest BCUT2D eigenvalue weighted by Gasteiger charge is 2.21. The summed E-state index contributed by atoms with van der Waals surface area (Å²) >= 11 is 0. The Bertz CT molecular complexity index is 979. The van der Waals surface area contributed by atoms with Gasteiger partial charge in [0.05, 0.1) is 24.4 Å². The molecule has 0 unspecified atom stereocenters. The predicted octanol–water partition coefficient (Wildman–Crippen LogP) is 2.58. The van der Waals surface area contributed by atoms with Gasteiger partial charge < -0.3 is 14.9 Å². The van der Waals surface area contributed by atoms with Gasteiger partial charge in [0.15, 0.2) is 0 Å². The number of hydrogen-bond acceptors (Lipinski definition) is 5. The standard InChI is InChI=1S/C21H24N4O2/c1-2-27-21(26)11-18-19(25-13-17(22)7-8-20(25)23-18)14-24-10-9-15-5-3-4-6-16(15)12-24/h3-8,13H,2,9-12,14,22H2,1H3. The molecule has 1 aliphatic heterocycles. The lowest BCUT2D eigenvalue weighted by atomic mass is 10.00. The van der Waals surface area contributed by atoms with Crippen molar-refractivity contribution in [1.29, 1.82) is 0 Å². The molecule has 0 saturated carbocycles. The summed E-state index contributed by atoms with van der Waals surface area (Å²) in [5, 5.41) is 0. The topological polar surface area (TPSA) is 72.9 Å². The third kappa shape index (κ3) is 3.66. The van der Waals surface area contributed by atoms with E-state index in [4.69, 9.17) is 10.5 Å². The van der Waals surface area contributed by atoms with E-state index in [0.29, 0.717) is 18.8 Å². The lowest BCUT2D eigenvalue weighted by molar-refractivity contribution is -0.142. The van der Waals surface area contributed by atoms with Crippen molar-refractivity contribution >= 4 is 17.3 Å². The van der Waals surface area contributed by atoms with Crippen molar-refractivity contribution in [2.75, 3.05) is 18.9 Å². The van der Waals surface area contributed by atoms with Crippen molar-refractivity contribution in [2.24, 2.45) is 0 Å². The van der Waals surface area contributed by atoms with Crippen LogP contribution >= 0.6 is 0 Å². The number of esters is 1. The second-order valence-corrected chi connectivity index (χ2v) is 6.91. The maximum absolute atomic E-state index is 12.1. The Morgan fingerprint density at radius 2 is 2.04 bits per heavy atom. The molecule has 1 aromatic carbocycles. The first-order valence-electron chi connectivity index (χ1n) is 9.34. The second-order valence-electron chi connectivity index (χ2n) is 6.91. The third-order valence-corrected chi connectivity index (χ3v) is 5.02. The maximum atomic E-state index is 12.1. The summed E-state index contributed by atoms with van der Waals surface area (Å²) < 4.78 is 7.13. The number of imidazole rings is 1. The number of ether oxygens (including phenoxy) is 1. The normalized spacial score (nSPS) is 14.3. The first kappa shape index (κ1) is 17.5. The van der Waals surface area contributed by atoms with E-state index in [2.05, 4.69) is 34.1 Å². The summed E-state index contributed by atoms with van der Waals surface area (Å²) in [6.07, 6.45) is 3.08. The Hall–Kier alpha value is -2.86. The van der Waals surface area contributed by atoms with Crippen molar-refractivity contribution in [3.8, 4) is 0 Å². The molecule has 0 aliphatic carbocycles. The van der Waals surface area contributed by atoms with Crippen molar-refractivity contribution in [2.45, 2.75) is 32.9 Å². The van der Waals surface area contributed by atoms with Gasteiger partial charge in [-0.25, -0.2) is 4.98 Å². The molecule has 0 atom stereocenters. The van der Waals surface area contributed by atoms with Crippen LogP contribution in [0.4, 0.5) is 5.69 Å². The molecule has 3 aromatic rings. The number of nitrogens with zero attached hydrogens (tertiary/aromatic N) is 3. The van der Waals surface area contributed by atoms with Gasteiger partial charge in [0.25, 0.3) is 0 Å². The molecule has 0 radical (unpaired) electrons. The molecule has 6 heteroatoms. The molecule has 2 aromatic heterocycles. The van der Waals surface area contributed by atoms with Gasteiger partial charge in [0.2, 0.25) is 0 Å². The zero-order chi connectivity index (χ0) is 18.8. The van der Waals surface area contributed by atoms with E-state index in [-0.39, 0.29) is 12.4 Å². The SMILES string of the molecule is CCOC(=O)Cc1nc2ccc(N)cn2c1CN1CCc2ccccc2C1. The van der Waals surface area contributed by atoms with Crippen LogP contribution in [0.2, 0.25) is 0 Å². The Morgan fingerprint density at radius 1 is 1.22 bits per heavy atom. The van der Waals surface area contributed by atoms with Crippen LogP contribution < -0.4 is 5.73 Å². The molecule has 3 heterocycles. The third-order valence-electron chi connectivity index (χ3n) is 5.02. The van der Waals surface area contributed by atoms with E-state index >= 15 is 0 Å². The number of rotatable bonds is 5. The Labute approximate surface area is 158 Å². The average molecular weight is 364 g/mol. The Morgan fingerprint density at radius 3 is 2.85 bits per heavy atom. The van der Waals surface area contributed by atoms with E-state index in [1.165, 1.54) is 11.1 Å². The largest absolute Gasteiger partial charge is 0.466 e. The minimum absolute atomic E-state index is 0.176. The summed E-state index contributed by atoms with van der Waals surface area (Å²) in [5.41, 5.74) is 12.0. The monoisotopic (exact) mass is 364 g/mol. The van der Waals surface area contributed by atoms with Crippen molar-refractivity contribution in [3.63, 3.8) is 0 Å². The van der Waals surface area contributed by atoms with E-state index < -0.39 is 0 Å². The molecule has 6 nitrogen and oxygen atoms in total. The Balaban J connectivity index is 1.65. The number of hydrogen-bond donors (Lipinski definition) is 1. The molecular formula is C21H24N4O2. The summed E-state index contributed by atoms with van der Waals surface area (Å²) in [7, 11) is 0. The summed E-state index contributed by atoms with van der Waals surface area (Å²) in [5.74, 6) is -0.251. The van der Waals surface area contributed by atoms with Crippen molar-refractivity contribution in [3.05, 3.63) is 65.1 Å². The molecule has 140 valence electrons. The molecule has 1 aliphatic rings. The van der Waals surface area contributed by atoms with Crippen LogP contribution in [0.1, 0.15) is 29.4 Å². The van der Waals surface area contributed by atoms with Crippen LogP contribution in [0.5, 0.6) is 0 Å². The fraction of sp³-hybridized carbons (Fsp3) is 0.333. The summed E-state index contributed by atoms with van der Waals surface area (Å²) in [6, 6.07) is 12.3. The fourth-order valence-corrected chi connectivity index (χ4v) is 3.72. The number of nitrogens with two attached hydrogens (primary N) is 1. The van der Waals surface area contributed by atoms with Crippen molar-refractivity contribution in [1.82, 2.24) is 14.3 Å². The van der Waals surface area contributed by atoms with E-state index in [0.717, 1.165) is 36.5 Å². The minimum atomic E-state index is -0.251. The number of aromatic nitrogens is 2. The van der Waals surface area contributed by atoms with Crippen LogP contribution in [0, 0.1) is 0 Å². The van der Waals surface area contributed by atoms with Crippen molar-refractivity contribution < 1.29 is 9.53 Å². The number of anilines is 1. The zero-order valence-electron chi connectivity index (χ0n) is 15.5. The molecule has 0 bridgehead atoms. The van der Waals surface area contributed by atoms with Gasteiger partial charge in [-0.1, -0.05) is 24.3 Å². The summed E-state index contributed by atoms with van der Waals surface area (Å²) in [4.78, 5) is 19.1. The van der Waals surface area contributed by atoms with Gasteiger partial charge in [0, 0.05) is 31.5 Å². The van der Waals surface area contributed by atoms with Crippen LogP contribution in [0.3, 0.4) is 0 Å². The molecule has 27 heavy (non-hydrogen) atoms. The molecule has 0 fully saturated rings. The molecular weight excluding hydrogens is 340 g/mol. The van der Waals surface area contributed by atoms with E-state index in [9.17, 15) is 4.79 Å². The van der Waals surface area contributed by atoms with E-state index in [1.54, 1.807) is 0 Å². The molecule has 0 saturated heterocycles. The highest BCUT2D eigenvalue weighted by atomic mass is 16.5. The van der Waals surface area contributed by atoms with Gasteiger partial charge in [-0.15, -0.1) is 0 Å². The van der Waals surface area contributed by atoms with Crippen LogP contribution in [-0.4, -0.2) is 33.4 Å². The van der Waals surface area contributed by atoms with Crippen LogP contribution in [0.25, 0.3) is 5.65 Å². The number of benzene rings is 1. The Kier molecular flexibility index (Phi) is 4.81. The van der Waals surface area contributed by atoms with Gasteiger partial charge >= 0.3 is 5.97 Å². The predicted molar refractivity (Wildman–Crippen MR) is 104 cm³/mol. The highest BCUT2D eigenvalue weighted by Crippen LogP contribution is 2.23. The van der Waals surface area contributed by atoms with Crippen LogP contribution in [0.15, 0.2) is 42.6 Å². The van der Waals surface area contributed by atoms with Crippen LogP contribution in [-0.2, 0) is 35.5 Å². The first-order chi connectivity index (χ1) is 13.1. The quantitative estimate of drug-likeness (QED) is 0.705. The maximum Gasteiger partial charge on any atom is 0.311 e. The van der Waals surface area contributed by atoms with Gasteiger partial charge in [0.1, 0.15) is 5.65 Å². The smallest absolute Gasteiger partial charge is 0.311 e. The number of carbonyl (C=O) groups is 1. The average Bonchev–Trinajstić information content (AvgIpc) is 2.98.